The van der Waals surface area contributed by atoms with E-state index in [0.717, 1.165) is 29.5 Å². The molecule has 1 saturated carbocycles. The molecule has 1 aromatic rings. The highest BCUT2D eigenvalue weighted by Gasteiger charge is 2.32. The fourth-order valence-electron chi connectivity index (χ4n) is 3.21. The van der Waals surface area contributed by atoms with E-state index in [-0.39, 0.29) is 11.8 Å². The van der Waals surface area contributed by atoms with Crippen molar-refractivity contribution in [1.29, 1.82) is 0 Å². The molecular weight excluding hydrogens is 292 g/mol. The molecule has 4 heteroatoms. The third kappa shape index (κ3) is 4.55. The van der Waals surface area contributed by atoms with Gasteiger partial charge in [-0.05, 0) is 37.0 Å². The summed E-state index contributed by atoms with van der Waals surface area (Å²) in [5, 5.41) is 6.29. The first-order chi connectivity index (χ1) is 10.3. The fraction of sp³-hybridized carbons (Fsp3) is 0.778. The Balaban J connectivity index is 1.78. The average Bonchev–Trinajstić information content (AvgIpc) is 2.93. The Bertz CT molecular complexity index is 493. The largest absolute Gasteiger partial charge is 0.350 e. The molecule has 1 heterocycles. The second-order valence-corrected chi connectivity index (χ2v) is 8.85. The third-order valence-electron chi connectivity index (χ3n) is 4.83. The number of carbonyl (C=O) groups excluding carboxylic acids is 1. The lowest BCUT2D eigenvalue weighted by atomic mass is 9.69. The third-order valence-corrected chi connectivity index (χ3v) is 6.02. The second-order valence-electron chi connectivity index (χ2n) is 7.96. The number of thiazole rings is 1. The summed E-state index contributed by atoms with van der Waals surface area (Å²) < 4.78 is 0. The van der Waals surface area contributed by atoms with Crippen molar-refractivity contribution in [2.24, 2.45) is 17.3 Å². The quantitative estimate of drug-likeness (QED) is 0.870. The zero-order valence-electron chi connectivity index (χ0n) is 14.6. The number of hydrogen-bond acceptors (Lipinski definition) is 3. The molecule has 1 N–H and O–H groups in total. The highest BCUT2D eigenvalue weighted by atomic mass is 32.1. The number of nitrogens with zero attached hydrogens (tertiary/aromatic N) is 1. The molecule has 0 atom stereocenters. The van der Waals surface area contributed by atoms with Crippen LogP contribution in [0.5, 0.6) is 0 Å². The minimum Gasteiger partial charge on any atom is -0.350 e. The van der Waals surface area contributed by atoms with Gasteiger partial charge in [-0.15, -0.1) is 11.3 Å². The zero-order valence-corrected chi connectivity index (χ0v) is 15.4. The van der Waals surface area contributed by atoms with E-state index in [4.69, 9.17) is 0 Å². The van der Waals surface area contributed by atoms with Gasteiger partial charge in [-0.2, -0.15) is 0 Å². The Morgan fingerprint density at radius 3 is 2.45 bits per heavy atom. The molecule has 1 aliphatic rings. The molecule has 2 rings (SSSR count). The highest BCUT2D eigenvalue weighted by molar-refractivity contribution is 7.09. The van der Waals surface area contributed by atoms with Crippen molar-refractivity contribution < 1.29 is 4.79 Å². The van der Waals surface area contributed by atoms with Gasteiger partial charge in [-0.1, -0.05) is 34.6 Å². The number of hydrogen-bond donors (Lipinski definition) is 1. The number of amides is 1. The molecule has 0 bridgehead atoms. The van der Waals surface area contributed by atoms with Gasteiger partial charge in [0.15, 0.2) is 0 Å². The molecule has 0 spiro atoms. The van der Waals surface area contributed by atoms with Crippen LogP contribution in [-0.2, 0) is 11.3 Å². The maximum atomic E-state index is 12.3. The van der Waals surface area contributed by atoms with Gasteiger partial charge in [0.05, 0.1) is 17.2 Å². The standard InChI is InChI=1S/C18H30N2OS/c1-12(2)17-20-15(11-22-17)10-19-16(21)13-6-8-14(9-7-13)18(3,4)5/h11-14H,6-10H2,1-5H3,(H,19,21). The molecule has 0 saturated heterocycles. The molecule has 1 fully saturated rings. The molecule has 1 amide bonds. The summed E-state index contributed by atoms with van der Waals surface area (Å²) >= 11 is 1.69. The summed E-state index contributed by atoms with van der Waals surface area (Å²) in [5.41, 5.74) is 1.36. The Hall–Kier alpha value is -0.900. The van der Waals surface area contributed by atoms with Gasteiger partial charge in [-0.3, -0.25) is 4.79 Å². The van der Waals surface area contributed by atoms with Gasteiger partial charge < -0.3 is 5.32 Å². The lowest BCUT2D eigenvalue weighted by Crippen LogP contribution is -2.35. The molecule has 1 aromatic heterocycles. The van der Waals surface area contributed by atoms with E-state index < -0.39 is 0 Å². The van der Waals surface area contributed by atoms with E-state index in [1.807, 2.05) is 0 Å². The number of rotatable bonds is 4. The van der Waals surface area contributed by atoms with Gasteiger partial charge in [-0.25, -0.2) is 4.98 Å². The normalized spacial score (nSPS) is 22.8. The summed E-state index contributed by atoms with van der Waals surface area (Å²) in [5.74, 6) is 1.62. The highest BCUT2D eigenvalue weighted by Crippen LogP contribution is 2.39. The van der Waals surface area contributed by atoms with Gasteiger partial charge in [0.25, 0.3) is 0 Å². The molecular formula is C18H30N2OS. The molecule has 3 nitrogen and oxygen atoms in total. The number of nitrogens with one attached hydrogen (secondary N) is 1. The van der Waals surface area contributed by atoms with Crippen molar-refractivity contribution in [3.05, 3.63) is 16.1 Å². The predicted octanol–water partition coefficient (Wildman–Crippen LogP) is 4.74. The monoisotopic (exact) mass is 322 g/mol. The maximum absolute atomic E-state index is 12.3. The lowest BCUT2D eigenvalue weighted by molar-refractivity contribution is -0.126. The van der Waals surface area contributed by atoms with Crippen molar-refractivity contribution >= 4 is 17.2 Å². The first-order valence-corrected chi connectivity index (χ1v) is 9.37. The van der Waals surface area contributed by atoms with Crippen molar-refractivity contribution in [2.75, 3.05) is 0 Å². The van der Waals surface area contributed by atoms with Crippen molar-refractivity contribution in [2.45, 2.75) is 72.8 Å². The van der Waals surface area contributed by atoms with Crippen LogP contribution in [0.15, 0.2) is 5.38 Å². The van der Waals surface area contributed by atoms with E-state index in [0.29, 0.717) is 17.9 Å². The van der Waals surface area contributed by atoms with E-state index in [9.17, 15) is 4.79 Å². The summed E-state index contributed by atoms with van der Waals surface area (Å²) in [6.45, 7) is 11.8. The molecule has 0 unspecified atom stereocenters. The van der Waals surface area contributed by atoms with Crippen LogP contribution in [0.4, 0.5) is 0 Å². The van der Waals surface area contributed by atoms with Crippen LogP contribution in [0.3, 0.4) is 0 Å². The van der Waals surface area contributed by atoms with Gasteiger partial charge in [0, 0.05) is 17.2 Å². The summed E-state index contributed by atoms with van der Waals surface area (Å²) in [6, 6.07) is 0. The molecule has 0 aromatic carbocycles. The molecule has 0 radical (unpaired) electrons. The van der Waals surface area contributed by atoms with Crippen LogP contribution in [0.1, 0.15) is 76.9 Å². The van der Waals surface area contributed by atoms with Crippen LogP contribution < -0.4 is 5.32 Å². The Morgan fingerprint density at radius 2 is 1.95 bits per heavy atom. The first-order valence-electron chi connectivity index (χ1n) is 8.49. The van der Waals surface area contributed by atoms with Crippen molar-refractivity contribution in [3.8, 4) is 0 Å². The topological polar surface area (TPSA) is 42.0 Å². The van der Waals surface area contributed by atoms with Crippen LogP contribution >= 0.6 is 11.3 Å². The molecule has 22 heavy (non-hydrogen) atoms. The minimum atomic E-state index is 0.196. The summed E-state index contributed by atoms with van der Waals surface area (Å²) in [6.07, 6.45) is 4.41. The number of carbonyl (C=O) groups is 1. The van der Waals surface area contributed by atoms with Crippen molar-refractivity contribution in [3.63, 3.8) is 0 Å². The van der Waals surface area contributed by atoms with E-state index in [1.165, 1.54) is 12.8 Å². The lowest BCUT2D eigenvalue weighted by Gasteiger charge is -2.36. The van der Waals surface area contributed by atoms with Crippen LogP contribution in [0.25, 0.3) is 0 Å². The van der Waals surface area contributed by atoms with Crippen LogP contribution in [0.2, 0.25) is 0 Å². The Morgan fingerprint density at radius 1 is 1.32 bits per heavy atom. The van der Waals surface area contributed by atoms with E-state index in [1.54, 1.807) is 11.3 Å². The van der Waals surface area contributed by atoms with Gasteiger partial charge in [0.1, 0.15) is 0 Å². The Kier molecular flexibility index (Phi) is 5.65. The van der Waals surface area contributed by atoms with Crippen LogP contribution in [0, 0.1) is 17.3 Å². The van der Waals surface area contributed by atoms with E-state index in [2.05, 4.69) is 50.3 Å². The van der Waals surface area contributed by atoms with Crippen LogP contribution in [-0.4, -0.2) is 10.9 Å². The SMILES string of the molecule is CC(C)c1nc(CNC(=O)C2CCC(C(C)(C)C)CC2)cs1. The van der Waals surface area contributed by atoms with Gasteiger partial charge >= 0.3 is 0 Å². The van der Waals surface area contributed by atoms with Gasteiger partial charge in [0.2, 0.25) is 5.91 Å². The smallest absolute Gasteiger partial charge is 0.223 e. The first kappa shape index (κ1) is 17.5. The van der Waals surface area contributed by atoms with Crippen molar-refractivity contribution in [1.82, 2.24) is 10.3 Å². The predicted molar refractivity (Wildman–Crippen MR) is 93.0 cm³/mol. The molecule has 124 valence electrons. The summed E-state index contributed by atoms with van der Waals surface area (Å²) in [4.78, 5) is 16.9. The summed E-state index contributed by atoms with van der Waals surface area (Å²) in [7, 11) is 0. The fourth-order valence-corrected chi connectivity index (χ4v) is 4.05. The second kappa shape index (κ2) is 7.12. The average molecular weight is 323 g/mol. The minimum absolute atomic E-state index is 0.196. The Labute approximate surface area is 138 Å². The molecule has 0 aliphatic heterocycles. The maximum Gasteiger partial charge on any atom is 0.223 e. The number of aromatic nitrogens is 1. The van der Waals surface area contributed by atoms with E-state index >= 15 is 0 Å². The molecule has 1 aliphatic carbocycles. The zero-order chi connectivity index (χ0) is 16.3.